The second-order valence-corrected chi connectivity index (χ2v) is 8.24. The van der Waals surface area contributed by atoms with Gasteiger partial charge in [-0.3, -0.25) is 0 Å². The first-order valence-electron chi connectivity index (χ1n) is 7.70. The number of hydrogen-bond donors (Lipinski definition) is 0. The van der Waals surface area contributed by atoms with E-state index in [1.807, 2.05) is 43.3 Å². The van der Waals surface area contributed by atoms with Crippen molar-refractivity contribution in [3.8, 4) is 0 Å². The molecule has 4 heteroatoms. The summed E-state index contributed by atoms with van der Waals surface area (Å²) in [7, 11) is 1.46. The van der Waals surface area contributed by atoms with Crippen molar-refractivity contribution < 1.29 is 14.3 Å². The van der Waals surface area contributed by atoms with Gasteiger partial charge in [0.1, 0.15) is 0 Å². The summed E-state index contributed by atoms with van der Waals surface area (Å²) in [6.07, 6.45) is -0.196. The Bertz CT molecular complexity index is 644. The minimum absolute atomic E-state index is 0.0597. The van der Waals surface area contributed by atoms with Crippen molar-refractivity contribution in [1.82, 2.24) is 0 Å². The van der Waals surface area contributed by atoms with Crippen LogP contribution in [0.1, 0.15) is 18.6 Å². The van der Waals surface area contributed by atoms with Gasteiger partial charge in [0.05, 0.1) is 0 Å². The second-order valence-electron chi connectivity index (χ2n) is 5.62. The van der Waals surface area contributed by atoms with Gasteiger partial charge in [-0.15, -0.1) is 0 Å². The predicted molar refractivity (Wildman–Crippen MR) is 90.8 cm³/mol. The van der Waals surface area contributed by atoms with Crippen molar-refractivity contribution in [2.45, 2.75) is 23.9 Å². The maximum absolute atomic E-state index is 12.3. The summed E-state index contributed by atoms with van der Waals surface area (Å²) in [6, 6.07) is 20.5. The van der Waals surface area contributed by atoms with Crippen LogP contribution in [0, 0.1) is 5.92 Å². The summed E-state index contributed by atoms with van der Waals surface area (Å²) in [5.74, 6) is -0.385. The number of carbonyl (C=O) groups is 1. The third-order valence-corrected chi connectivity index (χ3v) is 6.98. The summed E-state index contributed by atoms with van der Waals surface area (Å²) in [5.41, 5.74) is 1.13. The van der Waals surface area contributed by atoms with Gasteiger partial charge < -0.3 is 0 Å². The molecule has 0 bridgehead atoms. The Morgan fingerprint density at radius 1 is 1.04 bits per heavy atom. The molecule has 120 valence electrons. The normalized spacial score (nSPS) is 26.9. The van der Waals surface area contributed by atoms with E-state index in [1.165, 1.54) is 11.6 Å². The summed E-state index contributed by atoms with van der Waals surface area (Å²) >= 11 is 0.130. The Morgan fingerprint density at radius 3 is 2.26 bits per heavy atom. The molecule has 0 radical (unpaired) electrons. The van der Waals surface area contributed by atoms with Crippen LogP contribution >= 0.6 is 0 Å². The molecule has 23 heavy (non-hydrogen) atoms. The molecule has 1 aliphatic heterocycles. The van der Waals surface area contributed by atoms with E-state index in [-0.39, 0.29) is 43.9 Å². The number of hydrogen-bond acceptors (Lipinski definition) is 3. The van der Waals surface area contributed by atoms with E-state index < -0.39 is 0 Å². The Morgan fingerprint density at radius 2 is 1.65 bits per heavy atom. The zero-order valence-corrected chi connectivity index (χ0v) is 14.9. The molecule has 0 unspecified atom stereocenters. The summed E-state index contributed by atoms with van der Waals surface area (Å²) in [5, 5.41) is 0. The van der Waals surface area contributed by atoms with Crippen molar-refractivity contribution in [2.75, 3.05) is 7.11 Å². The van der Waals surface area contributed by atoms with Crippen molar-refractivity contribution in [1.29, 1.82) is 0 Å². The molecule has 1 aliphatic rings. The number of methoxy groups -OCH3 is 1. The van der Waals surface area contributed by atoms with Gasteiger partial charge in [-0.25, -0.2) is 0 Å². The molecule has 0 amide bonds. The third-order valence-electron chi connectivity index (χ3n) is 4.14. The third kappa shape index (κ3) is 3.50. The molecule has 4 atom stereocenters. The van der Waals surface area contributed by atoms with E-state index in [9.17, 15) is 4.79 Å². The van der Waals surface area contributed by atoms with Gasteiger partial charge in [0.2, 0.25) is 0 Å². The van der Waals surface area contributed by atoms with E-state index in [1.54, 1.807) is 0 Å². The van der Waals surface area contributed by atoms with Crippen LogP contribution in [-0.2, 0) is 14.3 Å². The van der Waals surface area contributed by atoms with Crippen LogP contribution in [-0.4, -0.2) is 34.1 Å². The second kappa shape index (κ2) is 7.31. The van der Waals surface area contributed by atoms with Crippen LogP contribution < -0.4 is 4.46 Å². The summed E-state index contributed by atoms with van der Waals surface area (Å²) in [6.45, 7) is 1.97. The van der Waals surface area contributed by atoms with Crippen LogP contribution in [0.3, 0.4) is 0 Å². The molecular formula is C19H20O3Se. The van der Waals surface area contributed by atoms with Gasteiger partial charge in [-0.05, 0) is 0 Å². The molecule has 0 aromatic heterocycles. The van der Waals surface area contributed by atoms with Crippen molar-refractivity contribution in [3.05, 3.63) is 66.2 Å². The first-order valence-corrected chi connectivity index (χ1v) is 9.55. The average molecular weight is 375 g/mol. The fraction of sp³-hybridized carbons (Fsp3) is 0.316. The van der Waals surface area contributed by atoms with E-state index in [0.717, 1.165) is 5.56 Å². The number of carbonyl (C=O) groups excluding carboxylic acids is 1. The fourth-order valence-electron chi connectivity index (χ4n) is 3.01. The van der Waals surface area contributed by atoms with Gasteiger partial charge in [0.15, 0.2) is 0 Å². The van der Waals surface area contributed by atoms with E-state index >= 15 is 0 Å². The maximum atomic E-state index is 12.3. The number of rotatable bonds is 4. The molecule has 0 spiro atoms. The quantitative estimate of drug-likeness (QED) is 0.609. The van der Waals surface area contributed by atoms with E-state index in [0.29, 0.717) is 0 Å². The Hall–Kier alpha value is -1.61. The first-order chi connectivity index (χ1) is 11.2. The van der Waals surface area contributed by atoms with Crippen LogP contribution in [0.4, 0.5) is 0 Å². The molecule has 1 saturated heterocycles. The first kappa shape index (κ1) is 16.3. The van der Waals surface area contributed by atoms with Gasteiger partial charge >= 0.3 is 143 Å². The van der Waals surface area contributed by atoms with Crippen LogP contribution in [0.25, 0.3) is 0 Å². The SMILES string of the molecule is COC(=O)[C@@H]1[C@@H]([Se]c2ccccc2)[C@H](c2ccccc2)O[C@@H]1C. The Balaban J connectivity index is 1.93. The van der Waals surface area contributed by atoms with Crippen LogP contribution in [0.15, 0.2) is 60.7 Å². The van der Waals surface area contributed by atoms with Crippen molar-refractivity contribution in [3.63, 3.8) is 0 Å². The topological polar surface area (TPSA) is 35.5 Å². The standard InChI is InChI=1S/C19H20O3Se/c1-13-16(19(20)21-2)18(23-15-11-7-4-8-12-15)17(22-13)14-9-5-3-6-10-14/h3-13,16-18H,1-2H3/t13-,16+,17+,18-/m1/s1. The van der Waals surface area contributed by atoms with Crippen molar-refractivity contribution in [2.24, 2.45) is 5.92 Å². The average Bonchev–Trinajstić information content (AvgIpc) is 2.92. The molecule has 1 heterocycles. The zero-order chi connectivity index (χ0) is 16.2. The van der Waals surface area contributed by atoms with Crippen LogP contribution in [0.5, 0.6) is 0 Å². The molecule has 0 N–H and O–H groups in total. The van der Waals surface area contributed by atoms with Crippen LogP contribution in [0.2, 0.25) is 4.82 Å². The van der Waals surface area contributed by atoms with Gasteiger partial charge in [-0.1, -0.05) is 0 Å². The molecule has 3 rings (SSSR count). The number of esters is 1. The summed E-state index contributed by atoms with van der Waals surface area (Å²) in [4.78, 5) is 12.4. The van der Waals surface area contributed by atoms with Crippen molar-refractivity contribution >= 4 is 25.4 Å². The van der Waals surface area contributed by atoms with E-state index in [4.69, 9.17) is 9.47 Å². The molecule has 2 aromatic rings. The molecule has 0 aliphatic carbocycles. The predicted octanol–water partition coefficient (Wildman–Crippen LogP) is 2.75. The number of ether oxygens (including phenoxy) is 2. The molecule has 2 aromatic carbocycles. The van der Waals surface area contributed by atoms with Gasteiger partial charge in [0, 0.05) is 0 Å². The fourth-order valence-corrected chi connectivity index (χ4v) is 6.06. The zero-order valence-electron chi connectivity index (χ0n) is 13.2. The Kier molecular flexibility index (Phi) is 5.16. The van der Waals surface area contributed by atoms with Gasteiger partial charge in [-0.2, -0.15) is 0 Å². The molecule has 1 fully saturated rings. The van der Waals surface area contributed by atoms with E-state index in [2.05, 4.69) is 24.3 Å². The molecule has 3 nitrogen and oxygen atoms in total. The number of benzene rings is 2. The molecular weight excluding hydrogens is 355 g/mol. The Labute approximate surface area is 143 Å². The summed E-state index contributed by atoms with van der Waals surface area (Å²) < 4.78 is 12.5. The monoisotopic (exact) mass is 376 g/mol. The minimum atomic E-state index is -0.217. The van der Waals surface area contributed by atoms with Gasteiger partial charge in [0.25, 0.3) is 0 Å². The molecule has 0 saturated carbocycles.